The molecule has 0 spiro atoms. The molecule has 2 nitrogen and oxygen atoms in total. The molecule has 0 fully saturated rings. The van der Waals surface area contributed by atoms with Gasteiger partial charge in [0.2, 0.25) is 0 Å². The molecule has 0 bridgehead atoms. The zero-order valence-corrected chi connectivity index (χ0v) is 10.5. The highest BCUT2D eigenvalue weighted by Gasteiger charge is 2.07. The minimum atomic E-state index is -0.362. The van der Waals surface area contributed by atoms with Crippen LogP contribution in [0.25, 0.3) is 0 Å². The van der Waals surface area contributed by atoms with Crippen molar-refractivity contribution in [1.29, 1.82) is 0 Å². The van der Waals surface area contributed by atoms with Crippen molar-refractivity contribution < 1.29 is 9.84 Å². The average molecular weight is 242 g/mol. The summed E-state index contributed by atoms with van der Waals surface area (Å²) in [6, 6.07) is 17.9. The third-order valence-corrected chi connectivity index (χ3v) is 2.92. The first-order valence-corrected chi connectivity index (χ1v) is 6.13. The van der Waals surface area contributed by atoms with Crippen LogP contribution in [0.3, 0.4) is 0 Å². The number of hydrogen-bond acceptors (Lipinski definition) is 2. The summed E-state index contributed by atoms with van der Waals surface area (Å²) >= 11 is 0. The Labute approximate surface area is 108 Å². The lowest BCUT2D eigenvalue weighted by Crippen LogP contribution is -2.13. The quantitative estimate of drug-likeness (QED) is 0.873. The van der Waals surface area contributed by atoms with Crippen molar-refractivity contribution in [3.8, 4) is 5.75 Å². The lowest BCUT2D eigenvalue weighted by Gasteiger charge is -2.11. The number of benzene rings is 2. The van der Waals surface area contributed by atoms with Crippen LogP contribution in [0, 0.1) is 0 Å². The second-order valence-electron chi connectivity index (χ2n) is 4.40. The molecule has 1 atom stereocenters. The van der Waals surface area contributed by atoms with Gasteiger partial charge in [-0.15, -0.1) is 0 Å². The number of aliphatic hydroxyl groups is 1. The third kappa shape index (κ3) is 3.60. The van der Waals surface area contributed by atoms with E-state index in [-0.39, 0.29) is 6.10 Å². The van der Waals surface area contributed by atoms with Gasteiger partial charge in [-0.05, 0) is 36.1 Å². The Balaban J connectivity index is 1.96. The second kappa shape index (κ2) is 6.22. The first-order valence-electron chi connectivity index (χ1n) is 6.13. The second-order valence-corrected chi connectivity index (χ2v) is 4.40. The maximum atomic E-state index is 10.1. The van der Waals surface area contributed by atoms with Crippen LogP contribution in [0.5, 0.6) is 5.75 Å². The highest BCUT2D eigenvalue weighted by molar-refractivity contribution is 5.29. The molecule has 0 saturated heterocycles. The van der Waals surface area contributed by atoms with Crippen molar-refractivity contribution in [1.82, 2.24) is 0 Å². The van der Waals surface area contributed by atoms with E-state index in [0.29, 0.717) is 12.8 Å². The summed E-state index contributed by atoms with van der Waals surface area (Å²) in [6.45, 7) is 0. The van der Waals surface area contributed by atoms with E-state index in [2.05, 4.69) is 0 Å². The SMILES string of the molecule is COc1cccc(CC(O)Cc2ccccc2)c1. The van der Waals surface area contributed by atoms with Crippen LogP contribution in [-0.4, -0.2) is 18.3 Å². The molecular formula is C16H18O2. The molecule has 0 aliphatic carbocycles. The standard InChI is InChI=1S/C16H18O2/c1-18-16-9-5-8-14(12-16)11-15(17)10-13-6-3-2-4-7-13/h2-9,12,15,17H,10-11H2,1H3. The van der Waals surface area contributed by atoms with E-state index in [4.69, 9.17) is 4.74 Å². The summed E-state index contributed by atoms with van der Waals surface area (Å²) in [5.41, 5.74) is 2.26. The van der Waals surface area contributed by atoms with Gasteiger partial charge in [-0.25, -0.2) is 0 Å². The van der Waals surface area contributed by atoms with Gasteiger partial charge in [0.1, 0.15) is 5.75 Å². The van der Waals surface area contributed by atoms with Crippen LogP contribution in [0.4, 0.5) is 0 Å². The molecule has 18 heavy (non-hydrogen) atoms. The van der Waals surface area contributed by atoms with Crippen LogP contribution in [0.15, 0.2) is 54.6 Å². The lowest BCUT2D eigenvalue weighted by molar-refractivity contribution is 0.175. The molecular weight excluding hydrogens is 224 g/mol. The number of methoxy groups -OCH3 is 1. The molecule has 2 heteroatoms. The molecule has 0 heterocycles. The molecule has 2 rings (SSSR count). The number of aliphatic hydroxyl groups excluding tert-OH is 1. The Bertz CT molecular complexity index is 479. The van der Waals surface area contributed by atoms with E-state index < -0.39 is 0 Å². The third-order valence-electron chi connectivity index (χ3n) is 2.92. The fraction of sp³-hybridized carbons (Fsp3) is 0.250. The maximum absolute atomic E-state index is 10.1. The van der Waals surface area contributed by atoms with Crippen molar-refractivity contribution in [3.63, 3.8) is 0 Å². The van der Waals surface area contributed by atoms with Gasteiger partial charge >= 0.3 is 0 Å². The maximum Gasteiger partial charge on any atom is 0.119 e. The Kier molecular flexibility index (Phi) is 4.37. The lowest BCUT2D eigenvalue weighted by atomic mass is 10.0. The summed E-state index contributed by atoms with van der Waals surface area (Å²) in [6.07, 6.45) is 0.962. The predicted molar refractivity (Wildman–Crippen MR) is 72.9 cm³/mol. The Hall–Kier alpha value is -1.80. The van der Waals surface area contributed by atoms with E-state index >= 15 is 0 Å². The summed E-state index contributed by atoms with van der Waals surface area (Å²) in [5, 5.41) is 10.1. The van der Waals surface area contributed by atoms with Gasteiger partial charge in [-0.1, -0.05) is 42.5 Å². The molecule has 0 saturated carbocycles. The molecule has 1 unspecified atom stereocenters. The number of rotatable bonds is 5. The summed E-state index contributed by atoms with van der Waals surface area (Å²) in [7, 11) is 1.65. The Morgan fingerprint density at radius 3 is 2.33 bits per heavy atom. The van der Waals surface area contributed by atoms with Crippen LogP contribution in [-0.2, 0) is 12.8 Å². The average Bonchev–Trinajstić information content (AvgIpc) is 2.40. The molecule has 0 aliphatic rings. The molecule has 0 aliphatic heterocycles. The Morgan fingerprint density at radius 1 is 0.944 bits per heavy atom. The molecule has 0 aromatic heterocycles. The zero-order chi connectivity index (χ0) is 12.8. The fourth-order valence-electron chi connectivity index (χ4n) is 2.03. The van der Waals surface area contributed by atoms with Gasteiger partial charge in [0.25, 0.3) is 0 Å². The summed E-state index contributed by atoms with van der Waals surface area (Å²) in [5.74, 6) is 0.833. The van der Waals surface area contributed by atoms with E-state index in [9.17, 15) is 5.11 Å². The van der Waals surface area contributed by atoms with E-state index in [1.54, 1.807) is 7.11 Å². The van der Waals surface area contributed by atoms with Crippen molar-refractivity contribution in [2.75, 3.05) is 7.11 Å². The van der Waals surface area contributed by atoms with E-state index in [1.807, 2.05) is 54.6 Å². The first-order chi connectivity index (χ1) is 8.78. The first kappa shape index (κ1) is 12.7. The minimum absolute atomic E-state index is 0.362. The smallest absolute Gasteiger partial charge is 0.119 e. The highest BCUT2D eigenvalue weighted by atomic mass is 16.5. The van der Waals surface area contributed by atoms with Crippen LogP contribution in [0.2, 0.25) is 0 Å². The van der Waals surface area contributed by atoms with Crippen molar-refractivity contribution in [2.24, 2.45) is 0 Å². The van der Waals surface area contributed by atoms with Crippen LogP contribution in [0.1, 0.15) is 11.1 Å². The minimum Gasteiger partial charge on any atom is -0.497 e. The van der Waals surface area contributed by atoms with Crippen molar-refractivity contribution in [2.45, 2.75) is 18.9 Å². The van der Waals surface area contributed by atoms with Gasteiger partial charge in [-0.3, -0.25) is 0 Å². The molecule has 1 N–H and O–H groups in total. The van der Waals surface area contributed by atoms with Crippen molar-refractivity contribution >= 4 is 0 Å². The molecule has 0 radical (unpaired) electrons. The van der Waals surface area contributed by atoms with Gasteiger partial charge in [0.05, 0.1) is 13.2 Å². The number of ether oxygens (including phenoxy) is 1. The van der Waals surface area contributed by atoms with Crippen LogP contribution >= 0.6 is 0 Å². The van der Waals surface area contributed by atoms with E-state index in [0.717, 1.165) is 16.9 Å². The Morgan fingerprint density at radius 2 is 1.61 bits per heavy atom. The largest absolute Gasteiger partial charge is 0.497 e. The summed E-state index contributed by atoms with van der Waals surface area (Å²) < 4.78 is 5.17. The zero-order valence-electron chi connectivity index (χ0n) is 10.5. The number of hydrogen-bond donors (Lipinski definition) is 1. The monoisotopic (exact) mass is 242 g/mol. The van der Waals surface area contributed by atoms with Gasteiger partial charge in [0, 0.05) is 0 Å². The summed E-state index contributed by atoms with van der Waals surface area (Å²) in [4.78, 5) is 0. The molecule has 0 amide bonds. The highest BCUT2D eigenvalue weighted by Crippen LogP contribution is 2.15. The normalized spacial score (nSPS) is 12.1. The van der Waals surface area contributed by atoms with E-state index in [1.165, 1.54) is 0 Å². The van der Waals surface area contributed by atoms with Gasteiger partial charge in [-0.2, -0.15) is 0 Å². The van der Waals surface area contributed by atoms with Crippen molar-refractivity contribution in [3.05, 3.63) is 65.7 Å². The predicted octanol–water partition coefficient (Wildman–Crippen LogP) is 2.84. The fourth-order valence-corrected chi connectivity index (χ4v) is 2.03. The topological polar surface area (TPSA) is 29.5 Å². The van der Waals surface area contributed by atoms with Gasteiger partial charge < -0.3 is 9.84 Å². The van der Waals surface area contributed by atoms with Crippen LogP contribution < -0.4 is 4.74 Å². The molecule has 2 aromatic carbocycles. The molecule has 94 valence electrons. The molecule has 2 aromatic rings. The van der Waals surface area contributed by atoms with Gasteiger partial charge in [0.15, 0.2) is 0 Å².